The van der Waals surface area contributed by atoms with Crippen molar-refractivity contribution in [1.29, 1.82) is 0 Å². The Balaban J connectivity index is 1.81. The Morgan fingerprint density at radius 2 is 1.32 bits per heavy atom. The Morgan fingerprint density at radius 1 is 0.742 bits per heavy atom. The molecule has 0 aromatic heterocycles. The molecule has 1 heterocycles. The summed E-state index contributed by atoms with van der Waals surface area (Å²) >= 11 is 0. The zero-order valence-electron chi connectivity index (χ0n) is 18.1. The normalized spacial score (nSPS) is 13.8. The van der Waals surface area contributed by atoms with Gasteiger partial charge in [-0.2, -0.15) is 0 Å². The van der Waals surface area contributed by atoms with Gasteiger partial charge in [0.05, 0.1) is 12.1 Å². The number of hydrogen-bond acceptors (Lipinski definition) is 3. The lowest BCUT2D eigenvalue weighted by atomic mass is 10.0. The van der Waals surface area contributed by atoms with Crippen molar-refractivity contribution in [1.82, 2.24) is 4.90 Å². The van der Waals surface area contributed by atoms with Crippen LogP contribution in [0.25, 0.3) is 5.57 Å². The van der Waals surface area contributed by atoms with Crippen LogP contribution < -0.4 is 4.90 Å². The van der Waals surface area contributed by atoms with Crippen LogP contribution in [-0.2, 0) is 16.1 Å². The molecule has 3 aromatic carbocycles. The third-order valence-electron chi connectivity index (χ3n) is 5.60. The lowest BCUT2D eigenvalue weighted by molar-refractivity contribution is -0.137. The number of aryl methyl sites for hydroxylation is 2. The summed E-state index contributed by atoms with van der Waals surface area (Å²) in [5.41, 5.74) is 5.73. The first kappa shape index (κ1) is 20.6. The largest absolute Gasteiger partial charge is 0.337 e. The highest BCUT2D eigenvalue weighted by molar-refractivity contribution is 6.36. The monoisotopic (exact) mass is 410 g/mol. The van der Waals surface area contributed by atoms with Gasteiger partial charge in [-0.3, -0.25) is 14.5 Å². The summed E-state index contributed by atoms with van der Waals surface area (Å²) in [6, 6.07) is 25.5. The number of carbonyl (C=O) groups is 2. The van der Waals surface area contributed by atoms with Crippen molar-refractivity contribution in [3.05, 3.63) is 107 Å². The molecule has 1 aliphatic rings. The molecule has 0 spiro atoms. The van der Waals surface area contributed by atoms with E-state index >= 15 is 0 Å². The molecule has 0 fully saturated rings. The molecular formula is C27H26N2O2. The van der Waals surface area contributed by atoms with E-state index in [1.54, 1.807) is 0 Å². The van der Waals surface area contributed by atoms with E-state index < -0.39 is 0 Å². The number of likely N-dealkylation sites (N-methyl/N-ethyl adjacent to an activating group) is 1. The van der Waals surface area contributed by atoms with Crippen LogP contribution in [-0.4, -0.2) is 23.3 Å². The molecule has 0 bridgehead atoms. The van der Waals surface area contributed by atoms with Gasteiger partial charge in [-0.15, -0.1) is 0 Å². The molecule has 0 radical (unpaired) electrons. The number of imide groups is 1. The summed E-state index contributed by atoms with van der Waals surface area (Å²) in [4.78, 5) is 30.5. The van der Waals surface area contributed by atoms with E-state index in [9.17, 15) is 9.59 Å². The quantitative estimate of drug-likeness (QED) is 0.530. The smallest absolute Gasteiger partial charge is 0.278 e. The number of carbonyl (C=O) groups excluding carboxylic acids is 2. The lowest BCUT2D eigenvalue weighted by Crippen LogP contribution is -2.34. The van der Waals surface area contributed by atoms with Crippen LogP contribution in [0.2, 0.25) is 0 Å². The highest BCUT2D eigenvalue weighted by Gasteiger charge is 2.41. The molecule has 156 valence electrons. The molecule has 0 saturated heterocycles. The maximum absolute atomic E-state index is 13.6. The number of nitrogens with zero attached hydrogens (tertiary/aromatic N) is 2. The Labute approximate surface area is 183 Å². The SMILES string of the molecule is CCN(C1=C(c2ccc(C)cc2)C(=O)N(Cc2ccc(C)cc2)C1=O)c1ccccc1. The van der Waals surface area contributed by atoms with E-state index in [1.807, 2.05) is 105 Å². The molecule has 2 amide bonds. The van der Waals surface area contributed by atoms with Crippen molar-refractivity contribution in [2.75, 3.05) is 11.4 Å². The Hall–Kier alpha value is -3.66. The molecule has 3 aromatic rings. The Morgan fingerprint density at radius 3 is 1.90 bits per heavy atom. The van der Waals surface area contributed by atoms with Crippen LogP contribution in [0.4, 0.5) is 5.69 Å². The predicted molar refractivity (Wildman–Crippen MR) is 124 cm³/mol. The molecule has 0 N–H and O–H groups in total. The maximum atomic E-state index is 13.6. The van der Waals surface area contributed by atoms with Crippen molar-refractivity contribution in [2.24, 2.45) is 0 Å². The average molecular weight is 411 g/mol. The minimum absolute atomic E-state index is 0.251. The predicted octanol–water partition coefficient (Wildman–Crippen LogP) is 5.11. The van der Waals surface area contributed by atoms with Crippen LogP contribution in [0, 0.1) is 13.8 Å². The van der Waals surface area contributed by atoms with Crippen molar-refractivity contribution in [2.45, 2.75) is 27.3 Å². The Kier molecular flexibility index (Phi) is 5.72. The van der Waals surface area contributed by atoms with Gasteiger partial charge in [0.1, 0.15) is 5.70 Å². The van der Waals surface area contributed by atoms with E-state index in [1.165, 1.54) is 4.90 Å². The fraction of sp³-hybridized carbons (Fsp3) is 0.185. The summed E-state index contributed by atoms with van der Waals surface area (Å²) in [7, 11) is 0. The third-order valence-corrected chi connectivity index (χ3v) is 5.60. The van der Waals surface area contributed by atoms with Gasteiger partial charge in [-0.05, 0) is 44.0 Å². The standard InChI is InChI=1S/C27H26N2O2/c1-4-28(23-8-6-5-7-9-23)25-24(22-16-12-20(3)13-17-22)26(30)29(27(25)31)18-21-14-10-19(2)11-15-21/h5-17H,4,18H2,1-3H3. The van der Waals surface area contributed by atoms with E-state index in [2.05, 4.69) is 0 Å². The van der Waals surface area contributed by atoms with Crippen molar-refractivity contribution >= 4 is 23.1 Å². The molecule has 4 heteroatoms. The van der Waals surface area contributed by atoms with Crippen LogP contribution in [0.15, 0.2) is 84.6 Å². The number of rotatable bonds is 6. The second-order valence-corrected chi connectivity index (χ2v) is 7.85. The number of para-hydroxylation sites is 1. The molecule has 4 nitrogen and oxygen atoms in total. The Bertz CT molecular complexity index is 1130. The minimum atomic E-state index is -0.258. The van der Waals surface area contributed by atoms with Crippen LogP contribution in [0.5, 0.6) is 0 Å². The van der Waals surface area contributed by atoms with E-state index in [0.717, 1.165) is 27.9 Å². The van der Waals surface area contributed by atoms with Crippen LogP contribution in [0.1, 0.15) is 29.2 Å². The highest BCUT2D eigenvalue weighted by atomic mass is 16.2. The molecule has 31 heavy (non-hydrogen) atoms. The fourth-order valence-electron chi connectivity index (χ4n) is 3.89. The first-order valence-corrected chi connectivity index (χ1v) is 10.5. The number of anilines is 1. The highest BCUT2D eigenvalue weighted by Crippen LogP contribution is 2.35. The second kappa shape index (κ2) is 8.60. The zero-order chi connectivity index (χ0) is 22.0. The van der Waals surface area contributed by atoms with Gasteiger partial charge in [0.2, 0.25) is 0 Å². The molecule has 0 unspecified atom stereocenters. The van der Waals surface area contributed by atoms with Crippen LogP contribution in [0.3, 0.4) is 0 Å². The van der Waals surface area contributed by atoms with E-state index in [4.69, 9.17) is 0 Å². The molecule has 1 aliphatic heterocycles. The van der Waals surface area contributed by atoms with Gasteiger partial charge < -0.3 is 4.90 Å². The fourth-order valence-corrected chi connectivity index (χ4v) is 3.89. The lowest BCUT2D eigenvalue weighted by Gasteiger charge is -2.25. The van der Waals surface area contributed by atoms with Crippen molar-refractivity contribution < 1.29 is 9.59 Å². The van der Waals surface area contributed by atoms with Crippen LogP contribution >= 0.6 is 0 Å². The topological polar surface area (TPSA) is 40.6 Å². The summed E-state index contributed by atoms with van der Waals surface area (Å²) in [5.74, 6) is -0.509. The van der Waals surface area contributed by atoms with E-state index in [0.29, 0.717) is 17.8 Å². The van der Waals surface area contributed by atoms with Crippen molar-refractivity contribution in [3.63, 3.8) is 0 Å². The summed E-state index contributed by atoms with van der Waals surface area (Å²) in [6.07, 6.45) is 0. The molecule has 0 saturated carbocycles. The van der Waals surface area contributed by atoms with Gasteiger partial charge >= 0.3 is 0 Å². The molecule has 0 atom stereocenters. The minimum Gasteiger partial charge on any atom is -0.337 e. The number of benzene rings is 3. The van der Waals surface area contributed by atoms with Gasteiger partial charge in [0.25, 0.3) is 11.8 Å². The zero-order valence-corrected chi connectivity index (χ0v) is 18.1. The van der Waals surface area contributed by atoms with E-state index in [-0.39, 0.29) is 18.4 Å². The van der Waals surface area contributed by atoms with Gasteiger partial charge in [0.15, 0.2) is 0 Å². The maximum Gasteiger partial charge on any atom is 0.278 e. The number of amides is 2. The molecular weight excluding hydrogens is 384 g/mol. The summed E-state index contributed by atoms with van der Waals surface area (Å²) in [5, 5.41) is 0. The van der Waals surface area contributed by atoms with Gasteiger partial charge in [0, 0.05) is 12.2 Å². The summed E-state index contributed by atoms with van der Waals surface area (Å²) < 4.78 is 0. The first-order valence-electron chi connectivity index (χ1n) is 10.5. The number of hydrogen-bond donors (Lipinski definition) is 0. The third kappa shape index (κ3) is 4.02. The summed E-state index contributed by atoms with van der Waals surface area (Å²) in [6.45, 7) is 6.85. The second-order valence-electron chi connectivity index (χ2n) is 7.85. The van der Waals surface area contributed by atoms with Gasteiger partial charge in [-0.1, -0.05) is 77.9 Å². The van der Waals surface area contributed by atoms with Gasteiger partial charge in [-0.25, -0.2) is 0 Å². The molecule has 0 aliphatic carbocycles. The van der Waals surface area contributed by atoms with Crippen molar-refractivity contribution in [3.8, 4) is 0 Å². The average Bonchev–Trinajstić information content (AvgIpc) is 3.02. The molecule has 4 rings (SSSR count). The first-order chi connectivity index (χ1) is 15.0.